The highest BCUT2D eigenvalue weighted by Crippen LogP contribution is 1.74. The molecule has 0 unspecified atom stereocenters. The van der Waals surface area contributed by atoms with Crippen LogP contribution in [0, 0.1) is 0 Å². The number of nitrogens with two attached hydrogens (primary N) is 2. The molecule has 0 fully saturated rings. The van der Waals surface area contributed by atoms with Gasteiger partial charge in [0.2, 0.25) is 0 Å². The molecule has 0 aliphatic heterocycles. The van der Waals surface area contributed by atoms with Gasteiger partial charge in [0.1, 0.15) is 6.04 Å². The van der Waals surface area contributed by atoms with E-state index in [1.165, 1.54) is 0 Å². The Kier molecular flexibility index (Phi) is 7.24. The Balaban J connectivity index is 3.57. The van der Waals surface area contributed by atoms with Crippen LogP contribution in [-0.2, 0) is 4.79 Å². The Labute approximate surface area is 87.3 Å². The van der Waals surface area contributed by atoms with E-state index in [2.05, 4.69) is 10.7 Å². The fraction of sp³-hybridized carbons (Fsp3) is 0.714. The third-order valence-corrected chi connectivity index (χ3v) is 1.50. The maximum absolute atomic E-state index is 11.0. The van der Waals surface area contributed by atoms with E-state index in [4.69, 9.17) is 16.6 Å². The molecular weight excluding hydrogens is 202 g/mol. The fourth-order valence-electron chi connectivity index (χ4n) is 0.642. The largest absolute Gasteiger partial charge is 0.394 e. The number of hydrogen-bond acceptors (Lipinski definition) is 5. The van der Waals surface area contributed by atoms with Crippen molar-refractivity contribution in [1.82, 2.24) is 16.2 Å². The van der Waals surface area contributed by atoms with Crippen molar-refractivity contribution in [1.29, 1.82) is 0 Å². The van der Waals surface area contributed by atoms with Crippen LogP contribution in [-0.4, -0.2) is 42.8 Å². The van der Waals surface area contributed by atoms with Gasteiger partial charge in [-0.25, -0.2) is 10.2 Å². The molecule has 0 aliphatic rings. The smallest absolute Gasteiger partial charge is 0.333 e. The minimum atomic E-state index is -1.05. The van der Waals surface area contributed by atoms with E-state index in [1.54, 1.807) is 0 Å². The first-order chi connectivity index (χ1) is 7.11. The quantitative estimate of drug-likeness (QED) is 0.215. The molecule has 0 aliphatic carbocycles. The molecule has 8 N–H and O–H groups in total. The van der Waals surface area contributed by atoms with Crippen LogP contribution in [0.1, 0.15) is 6.42 Å². The van der Waals surface area contributed by atoms with Gasteiger partial charge >= 0.3 is 6.03 Å². The van der Waals surface area contributed by atoms with E-state index >= 15 is 0 Å². The highest BCUT2D eigenvalue weighted by Gasteiger charge is 2.11. The lowest BCUT2D eigenvalue weighted by Gasteiger charge is -2.11. The third-order valence-electron chi connectivity index (χ3n) is 1.50. The van der Waals surface area contributed by atoms with Crippen LogP contribution in [0.2, 0.25) is 0 Å². The highest BCUT2D eigenvalue weighted by molar-refractivity contribution is 5.84. The summed E-state index contributed by atoms with van der Waals surface area (Å²) in [5, 5.41) is 11.0. The van der Waals surface area contributed by atoms with Crippen molar-refractivity contribution >= 4 is 11.9 Å². The van der Waals surface area contributed by atoms with Crippen LogP contribution >= 0.6 is 0 Å². The SMILES string of the molecule is NCCCNC(=O)NNC(=O)[C@@H](N)CO. The van der Waals surface area contributed by atoms with Crippen LogP contribution in [0.4, 0.5) is 4.79 Å². The molecular formula is C7H17N5O3. The van der Waals surface area contributed by atoms with Gasteiger partial charge in [0.05, 0.1) is 6.61 Å². The van der Waals surface area contributed by atoms with Gasteiger partial charge in [0, 0.05) is 6.54 Å². The molecule has 1 atom stereocenters. The van der Waals surface area contributed by atoms with Crippen molar-refractivity contribution in [2.45, 2.75) is 12.5 Å². The molecule has 3 amide bonds. The summed E-state index contributed by atoms with van der Waals surface area (Å²) < 4.78 is 0. The maximum Gasteiger partial charge on any atom is 0.333 e. The molecule has 88 valence electrons. The topological polar surface area (TPSA) is 142 Å². The van der Waals surface area contributed by atoms with Gasteiger partial charge in [0.25, 0.3) is 5.91 Å². The zero-order valence-corrected chi connectivity index (χ0v) is 8.32. The van der Waals surface area contributed by atoms with Gasteiger partial charge in [-0.3, -0.25) is 10.2 Å². The summed E-state index contributed by atoms with van der Waals surface area (Å²) in [6.07, 6.45) is 0.650. The standard InChI is InChI=1S/C7H17N5O3/c8-2-1-3-10-7(15)12-11-6(14)5(9)4-13/h5,13H,1-4,8-9H2,(H,11,14)(H2,10,12,15)/t5-/m0/s1. The molecule has 0 bridgehead atoms. The van der Waals surface area contributed by atoms with Crippen LogP contribution in [0.25, 0.3) is 0 Å². The second kappa shape index (κ2) is 7.97. The summed E-state index contributed by atoms with van der Waals surface area (Å²) in [5.74, 6) is -0.661. The van der Waals surface area contributed by atoms with Crippen LogP contribution in [0.15, 0.2) is 0 Å². The molecule has 0 aromatic carbocycles. The normalized spacial score (nSPS) is 11.7. The lowest BCUT2D eigenvalue weighted by molar-refractivity contribution is -0.123. The fourth-order valence-corrected chi connectivity index (χ4v) is 0.642. The molecule has 15 heavy (non-hydrogen) atoms. The predicted molar refractivity (Wildman–Crippen MR) is 53.4 cm³/mol. The third kappa shape index (κ3) is 6.66. The molecule has 8 heteroatoms. The number of amides is 3. The van der Waals surface area contributed by atoms with E-state index < -0.39 is 24.6 Å². The van der Waals surface area contributed by atoms with E-state index in [-0.39, 0.29) is 0 Å². The van der Waals surface area contributed by atoms with Gasteiger partial charge in [-0.2, -0.15) is 0 Å². The van der Waals surface area contributed by atoms with E-state index in [0.29, 0.717) is 19.5 Å². The molecule has 0 aromatic heterocycles. The lowest BCUT2D eigenvalue weighted by Crippen LogP contribution is -2.53. The first-order valence-electron chi connectivity index (χ1n) is 4.52. The van der Waals surface area contributed by atoms with Gasteiger partial charge in [-0.05, 0) is 13.0 Å². The van der Waals surface area contributed by atoms with Crippen molar-refractivity contribution in [3.05, 3.63) is 0 Å². The second-order valence-electron chi connectivity index (χ2n) is 2.80. The van der Waals surface area contributed by atoms with Crippen molar-refractivity contribution in [3.63, 3.8) is 0 Å². The van der Waals surface area contributed by atoms with Gasteiger partial charge in [-0.15, -0.1) is 0 Å². The minimum absolute atomic E-state index is 0.421. The summed E-state index contributed by atoms with van der Waals surface area (Å²) >= 11 is 0. The molecule has 0 radical (unpaired) electrons. The lowest BCUT2D eigenvalue weighted by atomic mass is 10.3. The first-order valence-corrected chi connectivity index (χ1v) is 4.52. The number of aliphatic hydroxyl groups is 1. The van der Waals surface area contributed by atoms with Gasteiger partial charge < -0.3 is 21.9 Å². The molecule has 0 saturated heterocycles. The molecule has 0 heterocycles. The minimum Gasteiger partial charge on any atom is -0.394 e. The monoisotopic (exact) mass is 219 g/mol. The van der Waals surface area contributed by atoms with Crippen LogP contribution in [0.5, 0.6) is 0 Å². The number of hydrogen-bond donors (Lipinski definition) is 6. The number of rotatable bonds is 5. The Morgan fingerprint density at radius 2 is 2.00 bits per heavy atom. The summed E-state index contributed by atoms with van der Waals surface area (Å²) in [4.78, 5) is 21.9. The number of aliphatic hydroxyl groups excluding tert-OH is 1. The molecule has 0 spiro atoms. The van der Waals surface area contributed by atoms with Crippen LogP contribution in [0.3, 0.4) is 0 Å². The summed E-state index contributed by atoms with van der Waals surface area (Å²) in [6.45, 7) is 0.411. The highest BCUT2D eigenvalue weighted by atomic mass is 16.3. The number of carbonyl (C=O) groups is 2. The van der Waals surface area contributed by atoms with E-state index in [1.807, 2.05) is 5.43 Å². The average molecular weight is 219 g/mol. The zero-order valence-electron chi connectivity index (χ0n) is 8.32. The Morgan fingerprint density at radius 3 is 2.53 bits per heavy atom. The zero-order chi connectivity index (χ0) is 11.7. The predicted octanol–water partition coefficient (Wildman–Crippen LogP) is -3.01. The van der Waals surface area contributed by atoms with Crippen molar-refractivity contribution in [3.8, 4) is 0 Å². The summed E-state index contributed by atoms with van der Waals surface area (Å²) in [6, 6.07) is -1.60. The van der Waals surface area contributed by atoms with Crippen molar-refractivity contribution in [2.24, 2.45) is 11.5 Å². The molecule has 0 aromatic rings. The average Bonchev–Trinajstić information content (AvgIpc) is 2.25. The van der Waals surface area contributed by atoms with Crippen molar-refractivity contribution < 1.29 is 14.7 Å². The number of nitrogens with one attached hydrogen (secondary N) is 3. The first kappa shape index (κ1) is 13.6. The molecule has 8 nitrogen and oxygen atoms in total. The van der Waals surface area contributed by atoms with Gasteiger partial charge in [0.15, 0.2) is 0 Å². The Bertz CT molecular complexity index is 211. The van der Waals surface area contributed by atoms with Gasteiger partial charge in [-0.1, -0.05) is 0 Å². The number of carbonyl (C=O) groups excluding carboxylic acids is 2. The van der Waals surface area contributed by atoms with E-state index in [0.717, 1.165) is 0 Å². The summed E-state index contributed by atoms with van der Waals surface area (Å²) in [5.41, 5.74) is 14.5. The molecule has 0 saturated carbocycles. The van der Waals surface area contributed by atoms with Crippen LogP contribution < -0.4 is 27.6 Å². The molecule has 0 rings (SSSR count). The Morgan fingerprint density at radius 1 is 1.33 bits per heavy atom. The van der Waals surface area contributed by atoms with Crippen molar-refractivity contribution in [2.75, 3.05) is 19.7 Å². The Hall–Kier alpha value is -1.38. The van der Waals surface area contributed by atoms with E-state index in [9.17, 15) is 9.59 Å². The summed E-state index contributed by atoms with van der Waals surface area (Å²) in [7, 11) is 0. The number of hydrazine groups is 1. The maximum atomic E-state index is 11.0. The number of urea groups is 1. The second-order valence-corrected chi connectivity index (χ2v) is 2.80.